The van der Waals surface area contributed by atoms with E-state index in [-0.39, 0.29) is 29.8 Å². The van der Waals surface area contributed by atoms with Crippen LogP contribution in [-0.4, -0.2) is 23.7 Å². The molecular weight excluding hydrogens is 245 g/mol. The van der Waals surface area contributed by atoms with Gasteiger partial charge in [0.1, 0.15) is 5.82 Å². The van der Waals surface area contributed by atoms with Crippen LogP contribution >= 0.6 is 0 Å². The molecule has 0 bridgehead atoms. The van der Waals surface area contributed by atoms with E-state index in [4.69, 9.17) is 0 Å². The Hall–Kier alpha value is -1.42. The zero-order valence-electron chi connectivity index (χ0n) is 12.0. The van der Waals surface area contributed by atoms with E-state index in [1.807, 2.05) is 20.8 Å². The van der Waals surface area contributed by atoms with E-state index in [2.05, 4.69) is 5.32 Å². The molecule has 0 aliphatic heterocycles. The molecule has 1 amide bonds. The maximum Gasteiger partial charge on any atom is 0.251 e. The average molecular weight is 267 g/mol. The topological polar surface area (TPSA) is 49.3 Å². The van der Waals surface area contributed by atoms with Crippen molar-refractivity contribution in [3.05, 3.63) is 35.1 Å². The molecule has 0 radical (unpaired) electrons. The monoisotopic (exact) mass is 267 g/mol. The van der Waals surface area contributed by atoms with E-state index in [9.17, 15) is 14.3 Å². The molecule has 1 atom stereocenters. The molecule has 0 spiro atoms. The smallest absolute Gasteiger partial charge is 0.251 e. The summed E-state index contributed by atoms with van der Waals surface area (Å²) in [7, 11) is 0. The molecule has 106 valence electrons. The van der Waals surface area contributed by atoms with Crippen molar-refractivity contribution in [2.75, 3.05) is 6.61 Å². The number of benzene rings is 1. The zero-order chi connectivity index (χ0) is 14.6. The molecule has 4 heteroatoms. The van der Waals surface area contributed by atoms with Crippen LogP contribution in [-0.2, 0) is 0 Å². The lowest BCUT2D eigenvalue weighted by Crippen LogP contribution is -2.40. The third-order valence-corrected chi connectivity index (χ3v) is 2.85. The van der Waals surface area contributed by atoms with E-state index < -0.39 is 0 Å². The van der Waals surface area contributed by atoms with Gasteiger partial charge in [-0.3, -0.25) is 4.79 Å². The van der Waals surface area contributed by atoms with Crippen molar-refractivity contribution in [2.45, 2.75) is 40.2 Å². The van der Waals surface area contributed by atoms with Crippen molar-refractivity contribution in [1.82, 2.24) is 5.32 Å². The van der Waals surface area contributed by atoms with E-state index >= 15 is 0 Å². The van der Waals surface area contributed by atoms with Crippen LogP contribution in [0.2, 0.25) is 0 Å². The maximum atomic E-state index is 13.0. The largest absolute Gasteiger partial charge is 0.394 e. The highest BCUT2D eigenvalue weighted by Gasteiger charge is 2.21. The number of aliphatic hydroxyl groups is 1. The fourth-order valence-corrected chi connectivity index (χ4v) is 2.05. The molecule has 0 aliphatic rings. The van der Waals surface area contributed by atoms with Gasteiger partial charge >= 0.3 is 0 Å². The van der Waals surface area contributed by atoms with Gasteiger partial charge in [0.05, 0.1) is 12.6 Å². The number of nitrogens with one attached hydrogen (secondary N) is 1. The lowest BCUT2D eigenvalue weighted by molar-refractivity contribution is 0.0897. The fraction of sp³-hybridized carbons (Fsp3) is 0.533. The number of aryl methyl sites for hydroxylation is 1. The van der Waals surface area contributed by atoms with Gasteiger partial charge in [-0.05, 0) is 42.5 Å². The Bertz CT molecular complexity index is 452. The fourth-order valence-electron chi connectivity index (χ4n) is 2.05. The Labute approximate surface area is 113 Å². The summed E-state index contributed by atoms with van der Waals surface area (Å²) in [6.45, 7) is 7.72. The number of halogens is 1. The number of carbonyl (C=O) groups is 1. The van der Waals surface area contributed by atoms with Crippen molar-refractivity contribution in [3.63, 3.8) is 0 Å². The van der Waals surface area contributed by atoms with Gasteiger partial charge in [-0.15, -0.1) is 0 Å². The van der Waals surface area contributed by atoms with Crippen molar-refractivity contribution in [3.8, 4) is 0 Å². The van der Waals surface area contributed by atoms with Gasteiger partial charge in [-0.1, -0.05) is 20.8 Å². The lowest BCUT2D eigenvalue weighted by atomic mass is 9.88. The highest BCUT2D eigenvalue weighted by molar-refractivity contribution is 5.95. The minimum atomic E-state index is -0.359. The number of amides is 1. The van der Waals surface area contributed by atoms with Crippen molar-refractivity contribution >= 4 is 5.91 Å². The predicted molar refractivity (Wildman–Crippen MR) is 73.5 cm³/mol. The Morgan fingerprint density at radius 1 is 1.42 bits per heavy atom. The second-order valence-corrected chi connectivity index (χ2v) is 6.08. The molecule has 1 rings (SSSR count). The predicted octanol–water partition coefficient (Wildman–Crippen LogP) is 2.66. The van der Waals surface area contributed by atoms with Gasteiger partial charge in [0, 0.05) is 5.56 Å². The Balaban J connectivity index is 2.77. The van der Waals surface area contributed by atoms with Crippen LogP contribution in [0.5, 0.6) is 0 Å². The molecule has 1 aromatic carbocycles. The first-order valence-corrected chi connectivity index (χ1v) is 6.41. The summed E-state index contributed by atoms with van der Waals surface area (Å²) in [5.74, 6) is -0.636. The summed E-state index contributed by atoms with van der Waals surface area (Å²) >= 11 is 0. The number of aliphatic hydroxyl groups excluding tert-OH is 1. The van der Waals surface area contributed by atoms with E-state index in [0.29, 0.717) is 17.5 Å². The highest BCUT2D eigenvalue weighted by Crippen LogP contribution is 2.21. The number of hydrogen-bond acceptors (Lipinski definition) is 2. The van der Waals surface area contributed by atoms with E-state index in [0.717, 1.165) is 0 Å². The molecule has 0 aromatic heterocycles. The Morgan fingerprint density at radius 3 is 2.53 bits per heavy atom. The number of hydrogen-bond donors (Lipinski definition) is 2. The second-order valence-electron chi connectivity index (χ2n) is 6.08. The third kappa shape index (κ3) is 4.99. The van der Waals surface area contributed by atoms with Gasteiger partial charge in [0.25, 0.3) is 5.91 Å². The summed E-state index contributed by atoms with van der Waals surface area (Å²) < 4.78 is 13.0. The van der Waals surface area contributed by atoms with Crippen LogP contribution in [0.4, 0.5) is 4.39 Å². The summed E-state index contributed by atoms with van der Waals surface area (Å²) in [4.78, 5) is 12.1. The third-order valence-electron chi connectivity index (χ3n) is 2.85. The van der Waals surface area contributed by atoms with Gasteiger partial charge < -0.3 is 10.4 Å². The molecule has 1 unspecified atom stereocenters. The van der Waals surface area contributed by atoms with Crippen molar-refractivity contribution in [1.29, 1.82) is 0 Å². The standard InChI is InChI=1S/C15H22FNO2/c1-10-7-11(16)5-6-13(10)14(19)17-12(9-18)8-15(2,3)4/h5-7,12,18H,8-9H2,1-4H3,(H,17,19). The molecule has 0 saturated carbocycles. The number of rotatable bonds is 4. The zero-order valence-corrected chi connectivity index (χ0v) is 12.0. The summed E-state index contributed by atoms with van der Waals surface area (Å²) in [5, 5.41) is 12.1. The maximum absolute atomic E-state index is 13.0. The van der Waals surface area contributed by atoms with Crippen LogP contribution in [0.25, 0.3) is 0 Å². The van der Waals surface area contributed by atoms with Crippen LogP contribution in [0.1, 0.15) is 43.1 Å². The van der Waals surface area contributed by atoms with Gasteiger partial charge in [0.2, 0.25) is 0 Å². The van der Waals surface area contributed by atoms with Crippen molar-refractivity contribution < 1.29 is 14.3 Å². The van der Waals surface area contributed by atoms with Gasteiger partial charge in [-0.2, -0.15) is 0 Å². The average Bonchev–Trinajstić information content (AvgIpc) is 2.25. The molecule has 0 aliphatic carbocycles. The Kier molecular flexibility index (Phi) is 5.06. The second kappa shape index (κ2) is 6.15. The summed E-state index contributed by atoms with van der Waals surface area (Å²) in [6, 6.07) is 3.76. The molecule has 19 heavy (non-hydrogen) atoms. The first-order valence-electron chi connectivity index (χ1n) is 6.41. The van der Waals surface area contributed by atoms with Gasteiger partial charge in [0.15, 0.2) is 0 Å². The quantitative estimate of drug-likeness (QED) is 0.881. The van der Waals surface area contributed by atoms with Crippen LogP contribution in [0.15, 0.2) is 18.2 Å². The minimum absolute atomic E-state index is 0.0124. The van der Waals surface area contributed by atoms with Crippen LogP contribution < -0.4 is 5.32 Å². The highest BCUT2D eigenvalue weighted by atomic mass is 19.1. The molecule has 1 aromatic rings. The molecule has 2 N–H and O–H groups in total. The molecule has 3 nitrogen and oxygen atoms in total. The summed E-state index contributed by atoms with van der Waals surface area (Å²) in [5.41, 5.74) is 1.04. The van der Waals surface area contributed by atoms with Gasteiger partial charge in [-0.25, -0.2) is 4.39 Å². The lowest BCUT2D eigenvalue weighted by Gasteiger charge is -2.25. The molecule has 0 saturated heterocycles. The molecule has 0 fully saturated rings. The van der Waals surface area contributed by atoms with Crippen molar-refractivity contribution in [2.24, 2.45) is 5.41 Å². The number of carbonyl (C=O) groups excluding carboxylic acids is 1. The van der Waals surface area contributed by atoms with Crippen LogP contribution in [0, 0.1) is 18.2 Å². The normalized spacial score (nSPS) is 13.2. The van der Waals surface area contributed by atoms with Crippen LogP contribution in [0.3, 0.4) is 0 Å². The van der Waals surface area contributed by atoms with E-state index in [1.54, 1.807) is 6.92 Å². The first kappa shape index (κ1) is 15.6. The minimum Gasteiger partial charge on any atom is -0.394 e. The van der Waals surface area contributed by atoms with E-state index in [1.165, 1.54) is 18.2 Å². The Morgan fingerprint density at radius 2 is 2.05 bits per heavy atom. The molecule has 0 heterocycles. The SMILES string of the molecule is Cc1cc(F)ccc1C(=O)NC(CO)CC(C)(C)C. The first-order chi connectivity index (χ1) is 8.73. The summed E-state index contributed by atoms with van der Waals surface area (Å²) in [6.07, 6.45) is 0.676. The molecular formula is C15H22FNO2.